The van der Waals surface area contributed by atoms with Gasteiger partial charge in [-0.1, -0.05) is 6.08 Å². The summed E-state index contributed by atoms with van der Waals surface area (Å²) in [6.45, 7) is 11.8. The predicted octanol–water partition coefficient (Wildman–Crippen LogP) is 3.94. The smallest absolute Gasteiger partial charge is 0.410 e. The highest BCUT2D eigenvalue weighted by Gasteiger charge is 2.40. The predicted molar refractivity (Wildman–Crippen MR) is 74.9 cm³/mol. The third-order valence-electron chi connectivity index (χ3n) is 3.53. The van der Waals surface area contributed by atoms with Crippen LogP contribution in [0.5, 0.6) is 0 Å². The van der Waals surface area contributed by atoms with Crippen LogP contribution in [0.2, 0.25) is 0 Å². The van der Waals surface area contributed by atoms with Crippen molar-refractivity contribution < 1.29 is 13.9 Å². The van der Waals surface area contributed by atoms with Gasteiger partial charge in [0.1, 0.15) is 11.3 Å². The molecule has 4 heteroatoms. The molecule has 0 aliphatic carbocycles. The quantitative estimate of drug-likeness (QED) is 0.725. The minimum absolute atomic E-state index is 0.111. The van der Waals surface area contributed by atoms with E-state index in [4.69, 9.17) is 4.74 Å². The second-order valence-corrected chi connectivity index (χ2v) is 6.52. The summed E-state index contributed by atoms with van der Waals surface area (Å²) in [4.78, 5) is 13.5. The first-order valence-electron chi connectivity index (χ1n) is 6.93. The Morgan fingerprint density at radius 2 is 2.11 bits per heavy atom. The number of halogens is 1. The Labute approximate surface area is 115 Å². The van der Waals surface area contributed by atoms with Gasteiger partial charge in [0.25, 0.3) is 0 Å². The normalized spacial score (nSPS) is 23.0. The van der Waals surface area contributed by atoms with Gasteiger partial charge in [0.15, 0.2) is 0 Å². The van der Waals surface area contributed by atoms with Crippen LogP contribution in [0.1, 0.15) is 47.0 Å². The maximum absolute atomic E-state index is 14.5. The Morgan fingerprint density at radius 3 is 2.63 bits per heavy atom. The van der Waals surface area contributed by atoms with Crippen LogP contribution in [0.3, 0.4) is 0 Å². The first-order valence-corrected chi connectivity index (χ1v) is 6.93. The van der Waals surface area contributed by atoms with Gasteiger partial charge in [-0.25, -0.2) is 9.18 Å². The molecular formula is C15H26FNO2. The molecule has 1 unspecified atom stereocenters. The van der Waals surface area contributed by atoms with Crippen LogP contribution in [0, 0.1) is 5.92 Å². The number of nitrogens with zero attached hydrogens (tertiary/aromatic N) is 1. The summed E-state index contributed by atoms with van der Waals surface area (Å²) < 4.78 is 19.8. The van der Waals surface area contributed by atoms with Gasteiger partial charge in [0.05, 0.1) is 0 Å². The maximum Gasteiger partial charge on any atom is 0.410 e. The summed E-state index contributed by atoms with van der Waals surface area (Å²) in [6, 6.07) is 0. The van der Waals surface area contributed by atoms with Crippen molar-refractivity contribution in [3.8, 4) is 0 Å². The number of carbonyl (C=O) groups excluding carboxylic acids is 1. The lowest BCUT2D eigenvalue weighted by atomic mass is 9.86. The lowest BCUT2D eigenvalue weighted by Crippen LogP contribution is -2.37. The van der Waals surface area contributed by atoms with E-state index in [9.17, 15) is 9.18 Å². The molecule has 1 saturated heterocycles. The van der Waals surface area contributed by atoms with E-state index in [0.29, 0.717) is 32.4 Å². The van der Waals surface area contributed by atoms with E-state index in [-0.39, 0.29) is 12.0 Å². The number of ether oxygens (including phenoxy) is 1. The topological polar surface area (TPSA) is 29.5 Å². The number of likely N-dealkylation sites (tertiary alicyclic amines) is 1. The minimum Gasteiger partial charge on any atom is -0.444 e. The van der Waals surface area contributed by atoms with Gasteiger partial charge in [-0.3, -0.25) is 0 Å². The van der Waals surface area contributed by atoms with Crippen LogP contribution in [0.15, 0.2) is 12.7 Å². The molecule has 1 heterocycles. The molecule has 0 aromatic carbocycles. The van der Waals surface area contributed by atoms with Crippen molar-refractivity contribution in [3.05, 3.63) is 12.7 Å². The van der Waals surface area contributed by atoms with Crippen molar-refractivity contribution in [2.45, 2.75) is 58.2 Å². The molecule has 0 N–H and O–H groups in total. The Hall–Kier alpha value is -1.06. The fourth-order valence-corrected chi connectivity index (χ4v) is 2.33. The van der Waals surface area contributed by atoms with Crippen molar-refractivity contribution >= 4 is 6.09 Å². The number of carbonyl (C=O) groups is 1. The van der Waals surface area contributed by atoms with E-state index in [1.165, 1.54) is 0 Å². The molecule has 0 bridgehead atoms. The molecule has 1 fully saturated rings. The second kappa shape index (κ2) is 5.93. The third-order valence-corrected chi connectivity index (χ3v) is 3.53. The Balaban J connectivity index is 2.53. The van der Waals surface area contributed by atoms with Crippen molar-refractivity contribution in [1.29, 1.82) is 0 Å². The summed E-state index contributed by atoms with van der Waals surface area (Å²) in [5.74, 6) is -0.111. The molecular weight excluding hydrogens is 245 g/mol. The molecule has 1 amide bonds. The van der Waals surface area contributed by atoms with Crippen LogP contribution < -0.4 is 0 Å². The minimum atomic E-state index is -1.25. The van der Waals surface area contributed by atoms with Gasteiger partial charge >= 0.3 is 6.09 Å². The monoisotopic (exact) mass is 271 g/mol. The Kier molecular flexibility index (Phi) is 4.99. The zero-order valence-corrected chi connectivity index (χ0v) is 12.5. The fourth-order valence-electron chi connectivity index (χ4n) is 2.33. The number of alkyl halides is 1. The highest BCUT2D eigenvalue weighted by atomic mass is 19.1. The number of hydrogen-bond acceptors (Lipinski definition) is 2. The molecule has 1 aliphatic heterocycles. The first-order chi connectivity index (χ1) is 8.65. The molecule has 0 aromatic heterocycles. The molecule has 110 valence electrons. The maximum atomic E-state index is 14.5. The van der Waals surface area contributed by atoms with Gasteiger partial charge in [-0.15, -0.1) is 6.58 Å². The molecule has 3 nitrogen and oxygen atoms in total. The van der Waals surface area contributed by atoms with Crippen LogP contribution >= 0.6 is 0 Å². The zero-order chi connectivity index (χ0) is 14.7. The van der Waals surface area contributed by atoms with Crippen molar-refractivity contribution in [2.75, 3.05) is 13.1 Å². The molecule has 0 spiro atoms. The largest absolute Gasteiger partial charge is 0.444 e. The summed E-state index contributed by atoms with van der Waals surface area (Å²) in [7, 11) is 0. The van der Waals surface area contributed by atoms with Crippen molar-refractivity contribution in [3.63, 3.8) is 0 Å². The number of amides is 1. The Morgan fingerprint density at radius 1 is 1.47 bits per heavy atom. The molecule has 0 aromatic rings. The van der Waals surface area contributed by atoms with Crippen molar-refractivity contribution in [2.24, 2.45) is 5.92 Å². The van der Waals surface area contributed by atoms with Crippen LogP contribution in [-0.2, 0) is 4.74 Å². The van der Waals surface area contributed by atoms with E-state index in [1.807, 2.05) is 20.8 Å². The number of hydrogen-bond donors (Lipinski definition) is 0. The average Bonchev–Trinajstić information content (AvgIpc) is 2.74. The highest BCUT2D eigenvalue weighted by molar-refractivity contribution is 5.68. The molecule has 0 radical (unpaired) electrons. The van der Waals surface area contributed by atoms with Crippen LogP contribution in [0.4, 0.5) is 9.18 Å². The summed E-state index contributed by atoms with van der Waals surface area (Å²) >= 11 is 0. The van der Waals surface area contributed by atoms with Gasteiger partial charge in [-0.05, 0) is 47.0 Å². The molecule has 1 rings (SSSR count). The fraction of sp³-hybridized carbons (Fsp3) is 0.800. The highest BCUT2D eigenvalue weighted by Crippen LogP contribution is 2.34. The van der Waals surface area contributed by atoms with Crippen LogP contribution in [0.25, 0.3) is 0 Å². The van der Waals surface area contributed by atoms with E-state index in [1.54, 1.807) is 17.9 Å². The van der Waals surface area contributed by atoms with Gasteiger partial charge in [0, 0.05) is 19.0 Å². The number of rotatable bonds is 4. The van der Waals surface area contributed by atoms with Crippen molar-refractivity contribution in [1.82, 2.24) is 4.90 Å². The third kappa shape index (κ3) is 4.84. The van der Waals surface area contributed by atoms with E-state index in [2.05, 4.69) is 6.58 Å². The molecule has 2 atom stereocenters. The van der Waals surface area contributed by atoms with Gasteiger partial charge in [-0.2, -0.15) is 0 Å². The second-order valence-electron chi connectivity index (χ2n) is 6.52. The SMILES string of the molecule is C=CCCC(C)(F)[C@@H]1CCN(C(=O)OC(C)(C)C)C1. The van der Waals surface area contributed by atoms with Crippen LogP contribution in [-0.4, -0.2) is 35.4 Å². The summed E-state index contributed by atoms with van der Waals surface area (Å²) in [5, 5.41) is 0. The molecule has 0 saturated carbocycles. The summed E-state index contributed by atoms with van der Waals surface area (Å²) in [6.07, 6.45) is 3.22. The lowest BCUT2D eigenvalue weighted by Gasteiger charge is -2.28. The first kappa shape index (κ1) is 16.0. The zero-order valence-electron chi connectivity index (χ0n) is 12.5. The lowest BCUT2D eigenvalue weighted by molar-refractivity contribution is 0.0258. The van der Waals surface area contributed by atoms with E-state index < -0.39 is 11.3 Å². The Bertz CT molecular complexity index is 334. The van der Waals surface area contributed by atoms with E-state index >= 15 is 0 Å². The standard InChI is InChI=1S/C15H26FNO2/c1-6-7-9-15(5,16)12-8-10-17(11-12)13(18)19-14(2,3)4/h6,12H,1,7-11H2,2-5H3/t12-,15?/m1/s1. The number of allylic oxidation sites excluding steroid dienone is 1. The summed E-state index contributed by atoms with van der Waals surface area (Å²) in [5.41, 5.74) is -1.75. The molecule has 1 aliphatic rings. The van der Waals surface area contributed by atoms with Gasteiger partial charge < -0.3 is 9.64 Å². The molecule has 19 heavy (non-hydrogen) atoms. The van der Waals surface area contributed by atoms with E-state index in [0.717, 1.165) is 0 Å². The van der Waals surface area contributed by atoms with Gasteiger partial charge in [0.2, 0.25) is 0 Å². The average molecular weight is 271 g/mol.